The molecule has 0 spiro atoms. The summed E-state index contributed by atoms with van der Waals surface area (Å²) in [5, 5.41) is 17.0. The predicted octanol–water partition coefficient (Wildman–Crippen LogP) is 0.999. The first-order valence-electron chi connectivity index (χ1n) is 3.38. The van der Waals surface area contributed by atoms with Crippen LogP contribution in [0, 0.1) is 16.1 Å². The number of hydrogen-bond acceptors (Lipinski definition) is 2. The fraction of sp³-hybridized carbons (Fsp3) is 0.857. The zero-order valence-corrected chi connectivity index (χ0v) is 8.08. The Balaban J connectivity index is 3.63. The van der Waals surface area contributed by atoms with Crippen molar-refractivity contribution in [3.63, 3.8) is 0 Å². The molecule has 58 valence electrons. The second kappa shape index (κ2) is 5.73. The molecule has 0 rings (SSSR count). The van der Waals surface area contributed by atoms with Crippen molar-refractivity contribution in [2.45, 2.75) is 25.1 Å². The van der Waals surface area contributed by atoms with E-state index in [1.165, 1.54) is 0 Å². The second-order valence-corrected chi connectivity index (χ2v) is 4.65. The van der Waals surface area contributed by atoms with Crippen LogP contribution < -0.4 is 0 Å². The van der Waals surface area contributed by atoms with Gasteiger partial charge in [-0.2, -0.15) is 0 Å². The number of hydrogen-bond donors (Lipinski definition) is 1. The van der Waals surface area contributed by atoms with Crippen LogP contribution in [0.25, 0.3) is 0 Å². The Morgan fingerprint density at radius 3 is 2.50 bits per heavy atom. The molecule has 3 heteroatoms. The van der Waals surface area contributed by atoms with Crippen molar-refractivity contribution in [2.75, 3.05) is 6.61 Å². The average molecular weight is 206 g/mol. The van der Waals surface area contributed by atoms with Crippen LogP contribution in [0.1, 0.15) is 20.3 Å². The summed E-state index contributed by atoms with van der Waals surface area (Å²) >= 11 is 0.0525. The van der Waals surface area contributed by atoms with Gasteiger partial charge >= 0.3 is 67.9 Å². The maximum atomic E-state index is 8.61. The summed E-state index contributed by atoms with van der Waals surface area (Å²) in [5.41, 5.74) is 0. The van der Waals surface area contributed by atoms with Crippen LogP contribution in [0.5, 0.6) is 0 Å². The Kier molecular flexibility index (Phi) is 5.71. The van der Waals surface area contributed by atoms with Gasteiger partial charge < -0.3 is 0 Å². The third-order valence-electron chi connectivity index (χ3n) is 1.36. The van der Waals surface area contributed by atoms with Crippen molar-refractivity contribution < 1.29 is 5.11 Å². The molecule has 0 aliphatic heterocycles. The van der Waals surface area contributed by atoms with Gasteiger partial charge in [-0.25, -0.2) is 0 Å². The first-order chi connectivity index (χ1) is 4.72. The maximum absolute atomic E-state index is 8.61. The Morgan fingerprint density at radius 2 is 2.20 bits per heavy atom. The number of aliphatic hydroxyl groups is 1. The summed E-state index contributed by atoms with van der Waals surface area (Å²) in [6.45, 7) is 4.41. The Hall–Kier alpha value is -0.0305. The fourth-order valence-corrected chi connectivity index (χ4v) is 2.05. The third-order valence-corrected chi connectivity index (χ3v) is 3.85. The quantitative estimate of drug-likeness (QED) is 0.697. The molecule has 0 aromatic heterocycles. The molecule has 1 unspecified atom stereocenters. The minimum atomic E-state index is 0.0525. The molecule has 0 saturated carbocycles. The minimum absolute atomic E-state index is 0.0525. The van der Waals surface area contributed by atoms with Gasteiger partial charge in [0.15, 0.2) is 0 Å². The van der Waals surface area contributed by atoms with Crippen molar-refractivity contribution in [1.29, 1.82) is 5.26 Å². The molecule has 0 aromatic rings. The zero-order valence-electron chi connectivity index (χ0n) is 6.37. The summed E-state index contributed by atoms with van der Waals surface area (Å²) in [5.74, 6) is 0.534. The Bertz CT molecular complexity index is 119. The molecule has 1 atom stereocenters. The first-order valence-corrected chi connectivity index (χ1v) is 5.22. The molecule has 0 aliphatic rings. The van der Waals surface area contributed by atoms with Crippen molar-refractivity contribution in [3.05, 3.63) is 0 Å². The van der Waals surface area contributed by atoms with Gasteiger partial charge in [0.2, 0.25) is 0 Å². The van der Waals surface area contributed by atoms with E-state index in [0.29, 0.717) is 10.7 Å². The van der Waals surface area contributed by atoms with Crippen LogP contribution in [-0.2, 0) is 0 Å². The molecule has 0 bridgehead atoms. The summed E-state index contributed by atoms with van der Waals surface area (Å²) in [6, 6.07) is 0. The summed E-state index contributed by atoms with van der Waals surface area (Å²) in [4.78, 5) is 2.62. The van der Waals surface area contributed by atoms with Crippen LogP contribution in [0.15, 0.2) is 0 Å². The van der Waals surface area contributed by atoms with Gasteiger partial charge in [0.1, 0.15) is 0 Å². The van der Waals surface area contributed by atoms with Crippen LogP contribution in [0.4, 0.5) is 0 Å². The van der Waals surface area contributed by atoms with E-state index < -0.39 is 0 Å². The molecule has 0 aromatic carbocycles. The Labute approximate surface area is 68.4 Å². The first kappa shape index (κ1) is 9.97. The van der Waals surface area contributed by atoms with Crippen molar-refractivity contribution in [2.24, 2.45) is 5.92 Å². The molecule has 1 N–H and O–H groups in total. The standard InChI is InChI=1S/C7H13NOSe/c1-6(2)7(3-4-9)10-5-8/h6-7,9H,3-4H2,1-2H3. The van der Waals surface area contributed by atoms with Gasteiger partial charge in [0, 0.05) is 0 Å². The average Bonchev–Trinajstić information content (AvgIpc) is 1.87. The van der Waals surface area contributed by atoms with Gasteiger partial charge in [-0.05, 0) is 0 Å². The van der Waals surface area contributed by atoms with E-state index in [-0.39, 0.29) is 21.6 Å². The van der Waals surface area contributed by atoms with Crippen LogP contribution in [0.2, 0.25) is 4.82 Å². The second-order valence-electron chi connectivity index (χ2n) is 2.50. The molecular weight excluding hydrogens is 193 g/mol. The van der Waals surface area contributed by atoms with Crippen LogP contribution in [-0.4, -0.2) is 26.7 Å². The van der Waals surface area contributed by atoms with E-state index in [2.05, 4.69) is 18.8 Å². The molecular formula is C7H13NOSe. The summed E-state index contributed by atoms with van der Waals surface area (Å²) in [6.07, 6.45) is 0.783. The van der Waals surface area contributed by atoms with E-state index >= 15 is 0 Å². The molecule has 0 fully saturated rings. The zero-order chi connectivity index (χ0) is 7.98. The normalized spacial score (nSPS) is 13.1. The van der Waals surface area contributed by atoms with Gasteiger partial charge in [0.25, 0.3) is 0 Å². The van der Waals surface area contributed by atoms with Gasteiger partial charge in [-0.15, -0.1) is 0 Å². The number of rotatable bonds is 4. The molecule has 0 aliphatic carbocycles. The van der Waals surface area contributed by atoms with Crippen LogP contribution in [0.3, 0.4) is 0 Å². The molecule has 0 radical (unpaired) electrons. The van der Waals surface area contributed by atoms with Gasteiger partial charge in [0.05, 0.1) is 0 Å². The van der Waals surface area contributed by atoms with E-state index in [4.69, 9.17) is 10.4 Å². The monoisotopic (exact) mass is 207 g/mol. The van der Waals surface area contributed by atoms with Crippen molar-refractivity contribution in [3.8, 4) is 4.97 Å². The SMILES string of the molecule is CC(C)C(CCO)[Se]C#N. The third kappa shape index (κ3) is 3.89. The predicted molar refractivity (Wildman–Crippen MR) is 41.7 cm³/mol. The van der Waals surface area contributed by atoms with Gasteiger partial charge in [-0.1, -0.05) is 0 Å². The molecule has 0 amide bonds. The van der Waals surface area contributed by atoms with Crippen molar-refractivity contribution >= 4 is 15.0 Å². The number of aliphatic hydroxyl groups excluding tert-OH is 1. The molecule has 2 nitrogen and oxygen atoms in total. The van der Waals surface area contributed by atoms with E-state index in [9.17, 15) is 0 Å². The molecule has 10 heavy (non-hydrogen) atoms. The number of nitriles is 1. The molecule has 0 saturated heterocycles. The Morgan fingerprint density at radius 1 is 1.60 bits per heavy atom. The summed E-state index contributed by atoms with van der Waals surface area (Å²) < 4.78 is 0. The van der Waals surface area contributed by atoms with Gasteiger partial charge in [-0.3, -0.25) is 0 Å². The van der Waals surface area contributed by atoms with E-state index in [0.717, 1.165) is 6.42 Å². The molecule has 0 heterocycles. The summed E-state index contributed by atoms with van der Waals surface area (Å²) in [7, 11) is 0. The van der Waals surface area contributed by atoms with Crippen LogP contribution >= 0.6 is 0 Å². The van der Waals surface area contributed by atoms with E-state index in [1.54, 1.807) is 0 Å². The van der Waals surface area contributed by atoms with E-state index in [1.807, 2.05) is 0 Å². The number of nitrogens with zero attached hydrogens (tertiary/aromatic N) is 1. The van der Waals surface area contributed by atoms with Crippen molar-refractivity contribution in [1.82, 2.24) is 0 Å². The topological polar surface area (TPSA) is 44.0 Å². The fourth-order valence-electron chi connectivity index (χ4n) is 0.723.